The second kappa shape index (κ2) is 5.16. The maximum Gasteiger partial charge on any atom is 0.573 e. The Morgan fingerprint density at radius 3 is 2.38 bits per heavy atom. The molecule has 0 aromatic heterocycles. The van der Waals surface area contributed by atoms with Crippen molar-refractivity contribution in [3.05, 3.63) is 60.2 Å². The molecule has 0 amide bonds. The van der Waals surface area contributed by atoms with Crippen molar-refractivity contribution in [3.63, 3.8) is 0 Å². The molecule has 1 aliphatic heterocycles. The summed E-state index contributed by atoms with van der Waals surface area (Å²) in [5.74, 6) is -0.216. The predicted molar refractivity (Wildman–Crippen MR) is 75.6 cm³/mol. The molecule has 2 aromatic carbocycles. The van der Waals surface area contributed by atoms with E-state index in [0.29, 0.717) is 6.54 Å². The van der Waals surface area contributed by atoms with Crippen LogP contribution in [0.15, 0.2) is 54.6 Å². The third-order valence-electron chi connectivity index (χ3n) is 3.19. The monoisotopic (exact) mass is 291 g/mol. The number of ether oxygens (including phenoxy) is 1. The fourth-order valence-corrected chi connectivity index (χ4v) is 2.33. The first-order valence-corrected chi connectivity index (χ1v) is 6.42. The van der Waals surface area contributed by atoms with Gasteiger partial charge in [0.25, 0.3) is 0 Å². The van der Waals surface area contributed by atoms with E-state index in [1.54, 1.807) is 12.1 Å². The van der Waals surface area contributed by atoms with Crippen LogP contribution in [0.5, 0.6) is 5.75 Å². The van der Waals surface area contributed by atoms with Crippen LogP contribution in [-0.4, -0.2) is 12.9 Å². The van der Waals surface area contributed by atoms with E-state index in [0.717, 1.165) is 16.9 Å². The number of benzene rings is 2. The third-order valence-corrected chi connectivity index (χ3v) is 3.19. The minimum absolute atomic E-state index is 0.216. The summed E-state index contributed by atoms with van der Waals surface area (Å²) in [5, 5.41) is 0. The van der Waals surface area contributed by atoms with Crippen molar-refractivity contribution in [3.8, 4) is 5.75 Å². The first-order chi connectivity index (χ1) is 10.0. The minimum atomic E-state index is -4.66. The van der Waals surface area contributed by atoms with Gasteiger partial charge in [-0.15, -0.1) is 13.2 Å². The molecule has 0 radical (unpaired) electrons. The second-order valence-corrected chi connectivity index (χ2v) is 4.61. The zero-order valence-corrected chi connectivity index (χ0v) is 11.0. The van der Waals surface area contributed by atoms with E-state index in [1.807, 2.05) is 41.3 Å². The van der Waals surface area contributed by atoms with Gasteiger partial charge in [-0.2, -0.15) is 0 Å². The summed E-state index contributed by atoms with van der Waals surface area (Å²) >= 11 is 0. The van der Waals surface area contributed by atoms with Gasteiger partial charge in [-0.1, -0.05) is 30.4 Å². The van der Waals surface area contributed by atoms with Crippen molar-refractivity contribution in [2.24, 2.45) is 0 Å². The fraction of sp³-hybridized carbons (Fsp3) is 0.125. The summed E-state index contributed by atoms with van der Waals surface area (Å²) in [5.41, 5.74) is 2.94. The number of halogens is 3. The Labute approximate surface area is 120 Å². The van der Waals surface area contributed by atoms with Crippen molar-refractivity contribution in [2.45, 2.75) is 6.36 Å². The molecule has 5 heteroatoms. The molecular formula is C16H12F3NO. The van der Waals surface area contributed by atoms with Crippen LogP contribution in [0.4, 0.5) is 24.5 Å². The van der Waals surface area contributed by atoms with Crippen molar-refractivity contribution < 1.29 is 17.9 Å². The Morgan fingerprint density at radius 2 is 1.67 bits per heavy atom. The zero-order valence-electron chi connectivity index (χ0n) is 11.0. The number of hydrogen-bond acceptors (Lipinski definition) is 2. The Bertz CT molecular complexity index is 662. The minimum Gasteiger partial charge on any atom is -0.406 e. The Hall–Kier alpha value is -2.43. The Morgan fingerprint density at radius 1 is 0.952 bits per heavy atom. The summed E-state index contributed by atoms with van der Waals surface area (Å²) in [6.45, 7) is 0.677. The van der Waals surface area contributed by atoms with E-state index in [1.165, 1.54) is 12.1 Å². The predicted octanol–water partition coefficient (Wildman–Crippen LogP) is 4.75. The average Bonchev–Trinajstić information content (AvgIpc) is 2.46. The van der Waals surface area contributed by atoms with Gasteiger partial charge in [0.15, 0.2) is 0 Å². The highest BCUT2D eigenvalue weighted by Crippen LogP contribution is 2.33. The van der Waals surface area contributed by atoms with E-state index in [9.17, 15) is 13.2 Å². The summed E-state index contributed by atoms with van der Waals surface area (Å²) in [7, 11) is 0. The lowest BCUT2D eigenvalue weighted by atomic mass is 10.1. The second-order valence-electron chi connectivity index (χ2n) is 4.61. The van der Waals surface area contributed by atoms with E-state index >= 15 is 0 Å². The number of rotatable bonds is 2. The molecule has 2 nitrogen and oxygen atoms in total. The van der Waals surface area contributed by atoms with Gasteiger partial charge in [0.2, 0.25) is 0 Å². The number of hydrogen-bond donors (Lipinski definition) is 0. The topological polar surface area (TPSA) is 12.5 Å². The molecule has 0 saturated heterocycles. The Kier molecular flexibility index (Phi) is 3.33. The number of fused-ring (bicyclic) bond motifs is 1. The quantitative estimate of drug-likeness (QED) is 0.791. The molecule has 0 saturated carbocycles. The van der Waals surface area contributed by atoms with Gasteiger partial charge in [0.1, 0.15) is 5.75 Å². The molecule has 1 heterocycles. The molecule has 0 aliphatic carbocycles. The number of para-hydroxylation sites is 1. The van der Waals surface area contributed by atoms with E-state index in [2.05, 4.69) is 4.74 Å². The SMILES string of the molecule is FC(F)(F)Oc1ccc(N2CC=Cc3ccccc32)cc1. The normalized spacial score (nSPS) is 14.0. The highest BCUT2D eigenvalue weighted by molar-refractivity contribution is 5.77. The molecule has 1 aliphatic rings. The molecule has 0 fully saturated rings. The van der Waals surface area contributed by atoms with Crippen LogP contribution >= 0.6 is 0 Å². The van der Waals surface area contributed by atoms with Crippen molar-refractivity contribution in [1.29, 1.82) is 0 Å². The van der Waals surface area contributed by atoms with E-state index in [4.69, 9.17) is 0 Å². The van der Waals surface area contributed by atoms with Crippen LogP contribution in [0.3, 0.4) is 0 Å². The molecule has 0 spiro atoms. The summed E-state index contributed by atoms with van der Waals surface area (Å²) in [6, 6.07) is 13.8. The van der Waals surface area contributed by atoms with Crippen molar-refractivity contribution in [1.82, 2.24) is 0 Å². The van der Waals surface area contributed by atoms with Gasteiger partial charge in [0.05, 0.1) is 0 Å². The molecule has 0 unspecified atom stereocenters. The lowest BCUT2D eigenvalue weighted by Crippen LogP contribution is -2.20. The third kappa shape index (κ3) is 3.02. The molecule has 0 N–H and O–H groups in total. The van der Waals surface area contributed by atoms with Crippen LogP contribution in [0.25, 0.3) is 6.08 Å². The van der Waals surface area contributed by atoms with Gasteiger partial charge < -0.3 is 9.64 Å². The maximum atomic E-state index is 12.2. The highest BCUT2D eigenvalue weighted by Gasteiger charge is 2.31. The van der Waals surface area contributed by atoms with Crippen LogP contribution in [0.2, 0.25) is 0 Å². The Balaban J connectivity index is 1.87. The molecule has 108 valence electrons. The van der Waals surface area contributed by atoms with Crippen molar-refractivity contribution >= 4 is 17.5 Å². The van der Waals surface area contributed by atoms with Crippen LogP contribution in [0.1, 0.15) is 5.56 Å². The summed E-state index contributed by atoms with van der Waals surface area (Å²) < 4.78 is 40.3. The smallest absolute Gasteiger partial charge is 0.406 e. The number of alkyl halides is 3. The van der Waals surface area contributed by atoms with Gasteiger partial charge in [-0.25, -0.2) is 0 Å². The average molecular weight is 291 g/mol. The highest BCUT2D eigenvalue weighted by atomic mass is 19.4. The molecular weight excluding hydrogens is 279 g/mol. The molecule has 3 rings (SSSR count). The van der Waals surface area contributed by atoms with E-state index < -0.39 is 6.36 Å². The van der Waals surface area contributed by atoms with Crippen LogP contribution < -0.4 is 9.64 Å². The van der Waals surface area contributed by atoms with Crippen LogP contribution in [0, 0.1) is 0 Å². The van der Waals surface area contributed by atoms with Crippen molar-refractivity contribution in [2.75, 3.05) is 11.4 Å². The standard InChI is InChI=1S/C16H12F3NO/c17-16(18,19)21-14-9-7-13(8-10-14)20-11-3-5-12-4-1-2-6-15(12)20/h1-10H,11H2. The fourth-order valence-electron chi connectivity index (χ4n) is 2.33. The maximum absolute atomic E-state index is 12.2. The van der Waals surface area contributed by atoms with Gasteiger partial charge >= 0.3 is 6.36 Å². The molecule has 0 bridgehead atoms. The van der Waals surface area contributed by atoms with Crippen LogP contribution in [-0.2, 0) is 0 Å². The number of anilines is 2. The first kappa shape index (κ1) is 13.5. The largest absolute Gasteiger partial charge is 0.573 e. The first-order valence-electron chi connectivity index (χ1n) is 6.42. The molecule has 21 heavy (non-hydrogen) atoms. The lowest BCUT2D eigenvalue weighted by molar-refractivity contribution is -0.274. The summed E-state index contributed by atoms with van der Waals surface area (Å²) in [4.78, 5) is 2.03. The number of nitrogens with zero attached hydrogens (tertiary/aromatic N) is 1. The summed E-state index contributed by atoms with van der Waals surface area (Å²) in [6.07, 6.45) is -0.614. The van der Waals surface area contributed by atoms with Gasteiger partial charge in [0, 0.05) is 17.9 Å². The van der Waals surface area contributed by atoms with Gasteiger partial charge in [-0.3, -0.25) is 0 Å². The van der Waals surface area contributed by atoms with Gasteiger partial charge in [-0.05, 0) is 35.9 Å². The molecule has 2 aromatic rings. The zero-order chi connectivity index (χ0) is 14.9. The van der Waals surface area contributed by atoms with E-state index in [-0.39, 0.29) is 5.75 Å². The molecule has 0 atom stereocenters. The lowest BCUT2D eigenvalue weighted by Gasteiger charge is -2.28.